The van der Waals surface area contributed by atoms with Crippen molar-refractivity contribution >= 4 is 55.8 Å². The molecule has 0 fully saturated rings. The van der Waals surface area contributed by atoms with Crippen molar-refractivity contribution < 1.29 is 4.79 Å². The van der Waals surface area contributed by atoms with Gasteiger partial charge in [0.25, 0.3) is 0 Å². The average molecular weight is 409 g/mol. The van der Waals surface area contributed by atoms with Crippen LogP contribution < -0.4 is 10.6 Å². The van der Waals surface area contributed by atoms with Crippen molar-refractivity contribution in [2.45, 2.75) is 22.6 Å². The number of hydrogen-bond acceptors (Lipinski definition) is 2. The summed E-state index contributed by atoms with van der Waals surface area (Å²) in [4.78, 5) is 13.3. The third-order valence-electron chi connectivity index (χ3n) is 2.92. The van der Waals surface area contributed by atoms with E-state index in [9.17, 15) is 4.79 Å². The second kappa shape index (κ2) is 5.14. The number of nitrogens with zero attached hydrogens (tertiary/aromatic N) is 1. The Morgan fingerprint density at radius 1 is 1.65 bits per heavy atom. The van der Waals surface area contributed by atoms with Crippen LogP contribution in [0.2, 0.25) is 0 Å². The first kappa shape index (κ1) is 13.1. The van der Waals surface area contributed by atoms with Crippen molar-refractivity contribution in [1.29, 1.82) is 0 Å². The molecule has 1 aromatic carbocycles. The van der Waals surface area contributed by atoms with E-state index < -0.39 is 0 Å². The molecule has 0 bridgehead atoms. The van der Waals surface area contributed by atoms with Gasteiger partial charge in [0.2, 0.25) is 5.91 Å². The molecule has 17 heavy (non-hydrogen) atoms. The molecule has 5 heteroatoms. The summed E-state index contributed by atoms with van der Waals surface area (Å²) in [6.45, 7) is 2.34. The van der Waals surface area contributed by atoms with Gasteiger partial charge >= 0.3 is 0 Å². The van der Waals surface area contributed by atoms with Crippen LogP contribution in [-0.4, -0.2) is 15.3 Å². The highest BCUT2D eigenvalue weighted by atomic mass is 127. The van der Waals surface area contributed by atoms with E-state index in [0.717, 1.165) is 30.8 Å². The van der Waals surface area contributed by atoms with Gasteiger partial charge in [-0.15, -0.1) is 0 Å². The molecule has 0 aromatic heterocycles. The Morgan fingerprint density at radius 3 is 2.94 bits per heavy atom. The molecule has 1 aromatic rings. The number of benzene rings is 1. The molecule has 1 atom stereocenters. The Bertz CT molecular complexity index is 462. The van der Waals surface area contributed by atoms with Gasteiger partial charge in [0.1, 0.15) is 0 Å². The van der Waals surface area contributed by atoms with E-state index in [1.54, 1.807) is 11.8 Å². The molecule has 2 N–H and O–H groups in total. The van der Waals surface area contributed by atoms with Crippen LogP contribution in [0.5, 0.6) is 0 Å². The Hall–Kier alpha value is -0.300. The van der Waals surface area contributed by atoms with Gasteiger partial charge in [0.15, 0.2) is 0 Å². The summed E-state index contributed by atoms with van der Waals surface area (Å²) >= 11 is 5.86. The quantitative estimate of drug-likeness (QED) is 0.464. The smallest absolute Gasteiger partial charge is 0.223 e. The standard InChI is InChI=1S/C12H14BrIN2O/c1-7(17)16-3-2-9-4-8(6-11(13)14)5-10(15)12(9)16/h4-5,11H,2-3,6,15H2,1H3. The Morgan fingerprint density at radius 2 is 2.35 bits per heavy atom. The van der Waals surface area contributed by atoms with Crippen LogP contribution >= 0.6 is 38.5 Å². The molecule has 0 saturated heterocycles. The highest BCUT2D eigenvalue weighted by molar-refractivity contribution is 14.1. The number of fused-ring (bicyclic) bond motifs is 1. The minimum Gasteiger partial charge on any atom is -0.397 e. The Labute approximate surface area is 123 Å². The number of anilines is 2. The minimum atomic E-state index is 0.0652. The zero-order valence-electron chi connectivity index (χ0n) is 9.54. The van der Waals surface area contributed by atoms with Crippen molar-refractivity contribution in [2.24, 2.45) is 0 Å². The fourth-order valence-corrected chi connectivity index (χ4v) is 3.14. The number of nitrogens with two attached hydrogens (primary N) is 1. The SMILES string of the molecule is CC(=O)N1CCc2cc(CC(Br)I)cc(N)c21. The van der Waals surface area contributed by atoms with Crippen LogP contribution in [0.3, 0.4) is 0 Å². The van der Waals surface area contributed by atoms with Gasteiger partial charge in [-0.3, -0.25) is 4.79 Å². The lowest BCUT2D eigenvalue weighted by molar-refractivity contribution is -0.116. The summed E-state index contributed by atoms with van der Waals surface area (Å²) in [7, 11) is 0. The van der Waals surface area contributed by atoms with Crippen LogP contribution in [0, 0.1) is 0 Å². The molecular formula is C12H14BrIN2O. The van der Waals surface area contributed by atoms with Crippen molar-refractivity contribution in [2.75, 3.05) is 17.2 Å². The molecule has 1 unspecified atom stereocenters. The minimum absolute atomic E-state index is 0.0652. The first-order chi connectivity index (χ1) is 7.99. The van der Waals surface area contributed by atoms with Gasteiger partial charge in [-0.2, -0.15) is 0 Å². The second-order valence-electron chi connectivity index (χ2n) is 4.21. The highest BCUT2D eigenvalue weighted by Gasteiger charge is 2.25. The van der Waals surface area contributed by atoms with E-state index in [0.29, 0.717) is 2.83 Å². The van der Waals surface area contributed by atoms with Crippen LogP contribution in [0.1, 0.15) is 18.1 Å². The van der Waals surface area contributed by atoms with Gasteiger partial charge in [-0.25, -0.2) is 0 Å². The third kappa shape index (κ3) is 2.76. The van der Waals surface area contributed by atoms with E-state index >= 15 is 0 Å². The van der Waals surface area contributed by atoms with E-state index in [-0.39, 0.29) is 5.91 Å². The lowest BCUT2D eigenvalue weighted by Crippen LogP contribution is -2.26. The van der Waals surface area contributed by atoms with Crippen molar-refractivity contribution in [3.63, 3.8) is 0 Å². The van der Waals surface area contributed by atoms with E-state index in [4.69, 9.17) is 5.73 Å². The number of nitrogen functional groups attached to an aromatic ring is 1. The highest BCUT2D eigenvalue weighted by Crippen LogP contribution is 2.35. The number of rotatable bonds is 2. The zero-order valence-corrected chi connectivity index (χ0v) is 13.3. The molecule has 0 saturated carbocycles. The largest absolute Gasteiger partial charge is 0.397 e. The molecule has 1 amide bonds. The third-order valence-corrected chi connectivity index (χ3v) is 3.69. The predicted octanol–water partition coefficient (Wildman–Crippen LogP) is 2.88. The number of hydrogen-bond donors (Lipinski definition) is 1. The van der Waals surface area contributed by atoms with Crippen LogP contribution in [-0.2, 0) is 17.6 Å². The topological polar surface area (TPSA) is 46.3 Å². The molecular weight excluding hydrogens is 395 g/mol. The number of carbonyl (C=O) groups is 1. The Kier molecular flexibility index (Phi) is 3.97. The van der Waals surface area contributed by atoms with Crippen LogP contribution in [0.15, 0.2) is 12.1 Å². The lowest BCUT2D eigenvalue weighted by atomic mass is 10.0. The van der Waals surface area contributed by atoms with Crippen LogP contribution in [0.25, 0.3) is 0 Å². The maximum Gasteiger partial charge on any atom is 0.223 e. The number of halogens is 2. The second-order valence-corrected chi connectivity index (χ2v) is 8.53. The Balaban J connectivity index is 2.38. The van der Waals surface area contributed by atoms with Crippen molar-refractivity contribution in [3.05, 3.63) is 23.3 Å². The number of alkyl halides is 2. The monoisotopic (exact) mass is 408 g/mol. The molecule has 0 radical (unpaired) electrons. The molecule has 3 nitrogen and oxygen atoms in total. The van der Waals surface area contributed by atoms with Gasteiger partial charge in [0, 0.05) is 13.5 Å². The van der Waals surface area contributed by atoms with Gasteiger partial charge in [-0.1, -0.05) is 44.6 Å². The van der Waals surface area contributed by atoms with Crippen LogP contribution in [0.4, 0.5) is 11.4 Å². The molecule has 2 rings (SSSR count). The molecule has 0 spiro atoms. The summed E-state index contributed by atoms with van der Waals surface area (Å²) in [6.07, 6.45) is 1.85. The molecule has 0 aliphatic carbocycles. The van der Waals surface area contributed by atoms with Gasteiger partial charge < -0.3 is 10.6 Å². The van der Waals surface area contributed by atoms with E-state index in [1.165, 1.54) is 11.1 Å². The van der Waals surface area contributed by atoms with Gasteiger partial charge in [-0.05, 0) is 30.0 Å². The summed E-state index contributed by atoms with van der Waals surface area (Å²) < 4.78 is 0.405. The number of amides is 1. The fraction of sp³-hybridized carbons (Fsp3) is 0.417. The fourth-order valence-electron chi connectivity index (χ4n) is 2.26. The average Bonchev–Trinajstić information content (AvgIpc) is 2.60. The van der Waals surface area contributed by atoms with Crippen molar-refractivity contribution in [3.8, 4) is 0 Å². The summed E-state index contributed by atoms with van der Waals surface area (Å²) in [5, 5.41) is 0. The first-order valence-corrected chi connectivity index (χ1v) is 7.62. The normalized spacial score (nSPS) is 15.8. The van der Waals surface area contributed by atoms with E-state index in [2.05, 4.69) is 44.6 Å². The zero-order chi connectivity index (χ0) is 12.6. The summed E-state index contributed by atoms with van der Waals surface area (Å²) in [5.74, 6) is 0.0652. The van der Waals surface area contributed by atoms with E-state index in [1.807, 2.05) is 6.07 Å². The lowest BCUT2D eigenvalue weighted by Gasteiger charge is -2.17. The molecule has 1 aliphatic rings. The predicted molar refractivity (Wildman–Crippen MR) is 83.0 cm³/mol. The summed E-state index contributed by atoms with van der Waals surface area (Å²) in [6, 6.07) is 4.15. The summed E-state index contributed by atoms with van der Waals surface area (Å²) in [5.41, 5.74) is 10.1. The van der Waals surface area contributed by atoms with Crippen molar-refractivity contribution in [1.82, 2.24) is 0 Å². The molecule has 92 valence electrons. The first-order valence-electron chi connectivity index (χ1n) is 5.46. The van der Waals surface area contributed by atoms with Gasteiger partial charge in [0.05, 0.1) is 14.2 Å². The molecule has 1 heterocycles. The maximum absolute atomic E-state index is 11.5. The maximum atomic E-state index is 11.5. The number of carbonyl (C=O) groups excluding carboxylic acids is 1. The molecule has 1 aliphatic heterocycles.